The zero-order valence-electron chi connectivity index (χ0n) is 13.3. The van der Waals surface area contributed by atoms with Crippen molar-refractivity contribution < 1.29 is 4.90 Å². The Labute approximate surface area is 139 Å². The van der Waals surface area contributed by atoms with Crippen LogP contribution in [0.2, 0.25) is 0 Å². The van der Waals surface area contributed by atoms with E-state index in [1.54, 1.807) is 4.90 Å². The maximum Gasteiger partial charge on any atom is 0.198 e. The van der Waals surface area contributed by atoms with Gasteiger partial charge in [-0.2, -0.15) is 0 Å². The minimum Gasteiger partial charge on any atom is -0.358 e. The van der Waals surface area contributed by atoms with Gasteiger partial charge in [0.25, 0.3) is 0 Å². The van der Waals surface area contributed by atoms with Gasteiger partial charge in [-0.1, -0.05) is 22.9 Å². The van der Waals surface area contributed by atoms with Gasteiger partial charge >= 0.3 is 0 Å². The first-order valence-electron chi connectivity index (χ1n) is 8.25. The number of benzene rings is 1. The van der Waals surface area contributed by atoms with Crippen LogP contribution in [0.15, 0.2) is 27.5 Å². The highest BCUT2D eigenvalue weighted by molar-refractivity contribution is 9.10. The molecular weight excluding hydrogens is 340 g/mol. The second-order valence-corrected chi connectivity index (χ2v) is 7.35. The molecule has 3 nitrogen and oxygen atoms in total. The summed E-state index contributed by atoms with van der Waals surface area (Å²) in [6, 6.07) is 6.58. The molecule has 1 fully saturated rings. The maximum atomic E-state index is 12.9. The van der Waals surface area contributed by atoms with Crippen LogP contribution in [0.5, 0.6) is 0 Å². The van der Waals surface area contributed by atoms with Crippen LogP contribution in [0, 0.1) is 6.92 Å². The molecule has 0 bridgehead atoms. The summed E-state index contributed by atoms with van der Waals surface area (Å²) in [5, 5.41) is 0.791. The minimum atomic E-state index is 0.195. The molecule has 2 atom stereocenters. The average molecular weight is 364 g/mol. The number of piperidine rings is 1. The summed E-state index contributed by atoms with van der Waals surface area (Å²) in [7, 11) is 0. The number of nitrogens with one attached hydrogen (secondary N) is 2. The topological polar surface area (TPSA) is 37.3 Å². The van der Waals surface area contributed by atoms with Gasteiger partial charge < -0.3 is 9.88 Å². The van der Waals surface area contributed by atoms with E-state index in [0.717, 1.165) is 33.2 Å². The van der Waals surface area contributed by atoms with Crippen LogP contribution in [0.4, 0.5) is 0 Å². The van der Waals surface area contributed by atoms with Gasteiger partial charge in [0.05, 0.1) is 18.2 Å². The van der Waals surface area contributed by atoms with E-state index >= 15 is 0 Å². The summed E-state index contributed by atoms with van der Waals surface area (Å²) in [5.74, 6) is 0. The van der Waals surface area contributed by atoms with E-state index in [2.05, 4.69) is 27.8 Å². The number of H-pyrrole nitrogens is 1. The first-order chi connectivity index (χ1) is 10.6. The van der Waals surface area contributed by atoms with Gasteiger partial charge in [0, 0.05) is 21.1 Å². The predicted molar refractivity (Wildman–Crippen MR) is 94.5 cm³/mol. The normalized spacial score (nSPS) is 22.1. The molecule has 118 valence electrons. The first kappa shape index (κ1) is 15.8. The zero-order chi connectivity index (χ0) is 15.7. The Balaban J connectivity index is 2.01. The molecule has 3 rings (SSSR count). The number of pyridine rings is 1. The van der Waals surface area contributed by atoms with Crippen LogP contribution in [-0.2, 0) is 6.54 Å². The molecule has 2 aromatic rings. The van der Waals surface area contributed by atoms with Crippen molar-refractivity contribution in [2.24, 2.45) is 0 Å². The lowest BCUT2D eigenvalue weighted by molar-refractivity contribution is -0.944. The molecule has 0 aliphatic carbocycles. The molecule has 1 aliphatic heterocycles. The van der Waals surface area contributed by atoms with Gasteiger partial charge in [0.1, 0.15) is 6.54 Å². The van der Waals surface area contributed by atoms with E-state index in [4.69, 9.17) is 0 Å². The van der Waals surface area contributed by atoms with E-state index in [1.807, 2.05) is 25.1 Å². The Hall–Kier alpha value is -1.13. The summed E-state index contributed by atoms with van der Waals surface area (Å²) in [6.45, 7) is 6.34. The van der Waals surface area contributed by atoms with Crippen LogP contribution < -0.4 is 10.3 Å². The van der Waals surface area contributed by atoms with Gasteiger partial charge in [0.2, 0.25) is 0 Å². The Morgan fingerprint density at radius 3 is 2.95 bits per heavy atom. The minimum absolute atomic E-state index is 0.195. The van der Waals surface area contributed by atoms with Crippen molar-refractivity contribution in [2.75, 3.05) is 6.54 Å². The number of aromatic nitrogens is 1. The number of fused-ring (bicyclic) bond motifs is 1. The molecule has 1 saturated heterocycles. The molecule has 1 aromatic carbocycles. The molecular formula is C18H24BrN2O+. The standard InChI is InChI=1S/C18H23BrN2O/c1-3-14-6-4-5-9-21(14)11-16-12(2)20-17-8-7-13(19)10-15(17)18(16)22/h7-8,10,14H,3-6,9,11H2,1-2H3,(H,20,22)/p+1/t14-/m1/s1. The lowest BCUT2D eigenvalue weighted by Gasteiger charge is -2.32. The molecule has 1 aliphatic rings. The van der Waals surface area contributed by atoms with Gasteiger partial charge in [0.15, 0.2) is 5.43 Å². The second kappa shape index (κ2) is 6.55. The number of aryl methyl sites for hydroxylation is 1. The summed E-state index contributed by atoms with van der Waals surface area (Å²) in [5.41, 5.74) is 3.10. The van der Waals surface area contributed by atoms with Crippen LogP contribution in [0.3, 0.4) is 0 Å². The molecule has 22 heavy (non-hydrogen) atoms. The Bertz CT molecular complexity index is 738. The zero-order valence-corrected chi connectivity index (χ0v) is 14.9. The number of aromatic amines is 1. The van der Waals surface area contributed by atoms with Crippen LogP contribution in [0.25, 0.3) is 10.9 Å². The Morgan fingerprint density at radius 2 is 2.18 bits per heavy atom. The van der Waals surface area contributed by atoms with E-state index < -0.39 is 0 Å². The quantitative estimate of drug-likeness (QED) is 0.864. The SMILES string of the molecule is CC[C@@H]1CCCC[NH+]1Cc1c(C)[nH]c2ccc(Br)cc2c1=O. The van der Waals surface area contributed by atoms with Gasteiger partial charge in [-0.05, 0) is 50.8 Å². The van der Waals surface area contributed by atoms with Crippen molar-refractivity contribution in [3.05, 3.63) is 44.2 Å². The lowest BCUT2D eigenvalue weighted by atomic mass is 9.98. The Morgan fingerprint density at radius 1 is 1.36 bits per heavy atom. The molecule has 2 N–H and O–H groups in total. The monoisotopic (exact) mass is 363 g/mol. The van der Waals surface area contributed by atoms with E-state index in [-0.39, 0.29) is 5.43 Å². The molecule has 0 saturated carbocycles. The highest BCUT2D eigenvalue weighted by Gasteiger charge is 2.26. The third-order valence-corrected chi connectivity index (χ3v) is 5.54. The van der Waals surface area contributed by atoms with Crippen molar-refractivity contribution in [3.63, 3.8) is 0 Å². The highest BCUT2D eigenvalue weighted by Crippen LogP contribution is 2.17. The fourth-order valence-electron chi connectivity index (χ4n) is 3.74. The highest BCUT2D eigenvalue weighted by atomic mass is 79.9. The molecule has 4 heteroatoms. The van der Waals surface area contributed by atoms with Gasteiger partial charge in [-0.3, -0.25) is 4.79 Å². The fourth-order valence-corrected chi connectivity index (χ4v) is 4.10. The van der Waals surface area contributed by atoms with Crippen molar-refractivity contribution >= 4 is 26.8 Å². The van der Waals surface area contributed by atoms with Gasteiger partial charge in [-0.15, -0.1) is 0 Å². The summed E-state index contributed by atoms with van der Waals surface area (Å²) in [4.78, 5) is 17.9. The summed E-state index contributed by atoms with van der Waals surface area (Å²) >= 11 is 3.47. The number of likely N-dealkylation sites (tertiary alicyclic amines) is 1. The van der Waals surface area contributed by atoms with Crippen molar-refractivity contribution in [2.45, 2.75) is 52.1 Å². The van der Waals surface area contributed by atoms with Crippen LogP contribution >= 0.6 is 15.9 Å². The maximum absolute atomic E-state index is 12.9. The van der Waals surface area contributed by atoms with Crippen LogP contribution in [0.1, 0.15) is 43.9 Å². The predicted octanol–water partition coefficient (Wildman–Crippen LogP) is 2.95. The van der Waals surface area contributed by atoms with E-state index in [9.17, 15) is 4.79 Å². The number of hydrogen-bond acceptors (Lipinski definition) is 1. The molecule has 0 spiro atoms. The number of quaternary nitrogens is 1. The summed E-state index contributed by atoms with van der Waals surface area (Å²) in [6.07, 6.45) is 5.11. The van der Waals surface area contributed by atoms with Crippen molar-refractivity contribution in [1.29, 1.82) is 0 Å². The van der Waals surface area contributed by atoms with Crippen molar-refractivity contribution in [1.82, 2.24) is 4.98 Å². The number of halogens is 1. The van der Waals surface area contributed by atoms with E-state index in [0.29, 0.717) is 6.04 Å². The largest absolute Gasteiger partial charge is 0.358 e. The molecule has 1 aromatic heterocycles. The second-order valence-electron chi connectivity index (χ2n) is 6.43. The Kier molecular flexibility index (Phi) is 4.69. The fraction of sp³-hybridized carbons (Fsp3) is 0.500. The molecule has 0 radical (unpaired) electrons. The van der Waals surface area contributed by atoms with E-state index in [1.165, 1.54) is 32.2 Å². The van der Waals surface area contributed by atoms with Crippen molar-refractivity contribution in [3.8, 4) is 0 Å². The third-order valence-electron chi connectivity index (χ3n) is 5.05. The first-order valence-corrected chi connectivity index (χ1v) is 9.05. The molecule has 0 amide bonds. The number of hydrogen-bond donors (Lipinski definition) is 2. The molecule has 2 heterocycles. The van der Waals surface area contributed by atoms with Crippen LogP contribution in [-0.4, -0.2) is 17.6 Å². The lowest BCUT2D eigenvalue weighted by Crippen LogP contribution is -3.15. The average Bonchev–Trinajstić information content (AvgIpc) is 2.52. The summed E-state index contributed by atoms with van der Waals surface area (Å²) < 4.78 is 0.956. The van der Waals surface area contributed by atoms with Gasteiger partial charge in [-0.25, -0.2) is 0 Å². The third kappa shape index (κ3) is 2.99. The molecule has 1 unspecified atom stereocenters. The smallest absolute Gasteiger partial charge is 0.198 e. The number of rotatable bonds is 3.